The second-order valence-electron chi connectivity index (χ2n) is 4.78. The molecule has 0 spiro atoms. The molecule has 0 unspecified atom stereocenters. The van der Waals surface area contributed by atoms with Crippen molar-refractivity contribution in [3.8, 4) is 6.07 Å². The molecule has 1 aliphatic heterocycles. The summed E-state index contributed by atoms with van der Waals surface area (Å²) in [5.74, 6) is 2.54. The number of anilines is 1. The van der Waals surface area contributed by atoms with Gasteiger partial charge in [0.1, 0.15) is 6.07 Å². The van der Waals surface area contributed by atoms with Gasteiger partial charge in [-0.25, -0.2) is 13.1 Å². The lowest BCUT2D eigenvalue weighted by molar-refractivity contribution is 0.476. The number of thioether (sulfide) groups is 1. The molecular formula is C13H17N3O2S2. The van der Waals surface area contributed by atoms with Crippen LogP contribution in [0.5, 0.6) is 0 Å². The Morgan fingerprint density at radius 3 is 2.75 bits per heavy atom. The van der Waals surface area contributed by atoms with Crippen LogP contribution < -0.4 is 10.5 Å². The van der Waals surface area contributed by atoms with Crippen molar-refractivity contribution in [2.24, 2.45) is 5.92 Å². The van der Waals surface area contributed by atoms with Gasteiger partial charge in [0.05, 0.1) is 10.5 Å². The summed E-state index contributed by atoms with van der Waals surface area (Å²) < 4.78 is 27.1. The normalized spacial score (nSPS) is 16.8. The minimum atomic E-state index is -3.65. The average molecular weight is 311 g/mol. The van der Waals surface area contributed by atoms with E-state index in [2.05, 4.69) is 4.72 Å². The molecular weight excluding hydrogens is 294 g/mol. The number of nitrogens with two attached hydrogens (primary N) is 1. The van der Waals surface area contributed by atoms with Gasteiger partial charge in [0.25, 0.3) is 0 Å². The molecule has 1 heterocycles. The standard InChI is InChI=1S/C13H17N3O2S2/c14-8-11-7-12(15)1-2-13(11)20(17,18)16-9-10-3-5-19-6-4-10/h1-2,7,10,16H,3-6,9,15H2. The first-order valence-corrected chi connectivity index (χ1v) is 9.04. The van der Waals surface area contributed by atoms with E-state index in [0.717, 1.165) is 24.3 Å². The lowest BCUT2D eigenvalue weighted by Crippen LogP contribution is -2.31. The van der Waals surface area contributed by atoms with E-state index >= 15 is 0 Å². The Morgan fingerprint density at radius 1 is 1.40 bits per heavy atom. The first-order valence-electron chi connectivity index (χ1n) is 6.40. The van der Waals surface area contributed by atoms with E-state index in [1.807, 2.05) is 17.8 Å². The predicted molar refractivity (Wildman–Crippen MR) is 80.8 cm³/mol. The van der Waals surface area contributed by atoms with Gasteiger partial charge in [-0.2, -0.15) is 17.0 Å². The summed E-state index contributed by atoms with van der Waals surface area (Å²) in [6.07, 6.45) is 2.06. The van der Waals surface area contributed by atoms with Crippen molar-refractivity contribution in [2.45, 2.75) is 17.7 Å². The summed E-state index contributed by atoms with van der Waals surface area (Å²) in [6, 6.07) is 6.13. The first-order chi connectivity index (χ1) is 9.53. The lowest BCUT2D eigenvalue weighted by atomic mass is 10.0. The number of nitriles is 1. The average Bonchev–Trinajstić information content (AvgIpc) is 2.46. The summed E-state index contributed by atoms with van der Waals surface area (Å²) in [5, 5.41) is 9.02. The van der Waals surface area contributed by atoms with Crippen LogP contribution in [0.15, 0.2) is 23.1 Å². The molecule has 0 aliphatic carbocycles. The maximum atomic E-state index is 12.3. The van der Waals surface area contributed by atoms with E-state index in [1.165, 1.54) is 18.2 Å². The molecule has 5 nitrogen and oxygen atoms in total. The minimum Gasteiger partial charge on any atom is -0.399 e. The van der Waals surface area contributed by atoms with Crippen LogP contribution in [0.4, 0.5) is 5.69 Å². The number of rotatable bonds is 4. The van der Waals surface area contributed by atoms with Crippen molar-refractivity contribution in [3.05, 3.63) is 23.8 Å². The third-order valence-electron chi connectivity index (χ3n) is 3.32. The zero-order valence-corrected chi connectivity index (χ0v) is 12.6. The molecule has 0 radical (unpaired) electrons. The molecule has 0 amide bonds. The smallest absolute Gasteiger partial charge is 0.241 e. The number of benzene rings is 1. The van der Waals surface area contributed by atoms with E-state index in [1.54, 1.807) is 0 Å². The van der Waals surface area contributed by atoms with Crippen molar-refractivity contribution in [1.29, 1.82) is 5.26 Å². The molecule has 3 N–H and O–H groups in total. The Morgan fingerprint density at radius 2 is 2.10 bits per heavy atom. The third kappa shape index (κ3) is 3.66. The first kappa shape index (κ1) is 15.2. The van der Waals surface area contributed by atoms with Gasteiger partial charge < -0.3 is 5.73 Å². The maximum Gasteiger partial charge on any atom is 0.241 e. The zero-order chi connectivity index (χ0) is 14.6. The fraction of sp³-hybridized carbons (Fsp3) is 0.462. The van der Waals surface area contributed by atoms with E-state index in [9.17, 15) is 8.42 Å². The van der Waals surface area contributed by atoms with Gasteiger partial charge in [0.2, 0.25) is 10.0 Å². The van der Waals surface area contributed by atoms with Gasteiger partial charge in [-0.3, -0.25) is 0 Å². The quantitative estimate of drug-likeness (QED) is 0.823. The highest BCUT2D eigenvalue weighted by Crippen LogP contribution is 2.23. The molecule has 1 aliphatic rings. The monoisotopic (exact) mass is 311 g/mol. The Hall–Kier alpha value is -1.23. The fourth-order valence-electron chi connectivity index (χ4n) is 2.13. The van der Waals surface area contributed by atoms with Gasteiger partial charge >= 0.3 is 0 Å². The fourth-order valence-corrected chi connectivity index (χ4v) is 4.58. The SMILES string of the molecule is N#Cc1cc(N)ccc1S(=O)(=O)NCC1CCSCC1. The number of nitrogens with zero attached hydrogens (tertiary/aromatic N) is 1. The van der Waals surface area contributed by atoms with Crippen LogP contribution >= 0.6 is 11.8 Å². The zero-order valence-electron chi connectivity index (χ0n) is 11.0. The number of hydrogen-bond acceptors (Lipinski definition) is 5. The van der Waals surface area contributed by atoms with Crippen molar-refractivity contribution in [2.75, 3.05) is 23.8 Å². The number of nitrogen functional groups attached to an aromatic ring is 1. The summed E-state index contributed by atoms with van der Waals surface area (Å²) in [4.78, 5) is -0.000570. The van der Waals surface area contributed by atoms with Gasteiger partial charge in [0.15, 0.2) is 0 Å². The molecule has 1 fully saturated rings. The van der Waals surface area contributed by atoms with Gasteiger partial charge in [0, 0.05) is 12.2 Å². The van der Waals surface area contributed by atoms with Crippen LogP contribution in [-0.4, -0.2) is 26.5 Å². The van der Waals surface area contributed by atoms with Crippen LogP contribution in [-0.2, 0) is 10.0 Å². The van der Waals surface area contributed by atoms with Crippen LogP contribution in [0.1, 0.15) is 18.4 Å². The predicted octanol–water partition coefficient (Wildman–Crippen LogP) is 1.56. The number of hydrogen-bond donors (Lipinski definition) is 2. The van der Waals surface area contributed by atoms with Crippen LogP contribution in [0, 0.1) is 17.2 Å². The number of nitrogens with one attached hydrogen (secondary N) is 1. The van der Waals surface area contributed by atoms with Gasteiger partial charge in [-0.05, 0) is 48.5 Å². The molecule has 1 aromatic rings. The van der Waals surface area contributed by atoms with Crippen LogP contribution in [0.25, 0.3) is 0 Å². The lowest BCUT2D eigenvalue weighted by Gasteiger charge is -2.21. The molecule has 0 saturated carbocycles. The molecule has 7 heteroatoms. The van der Waals surface area contributed by atoms with E-state index in [4.69, 9.17) is 11.0 Å². The second kappa shape index (κ2) is 6.48. The van der Waals surface area contributed by atoms with E-state index in [0.29, 0.717) is 18.2 Å². The molecule has 1 aromatic carbocycles. The van der Waals surface area contributed by atoms with Crippen molar-refractivity contribution in [1.82, 2.24) is 4.72 Å². The molecule has 2 rings (SSSR count). The van der Waals surface area contributed by atoms with Gasteiger partial charge in [-0.15, -0.1) is 0 Å². The summed E-state index contributed by atoms with van der Waals surface area (Å²) >= 11 is 1.90. The Bertz CT molecular complexity index is 617. The highest BCUT2D eigenvalue weighted by molar-refractivity contribution is 7.99. The minimum absolute atomic E-state index is 0.000570. The van der Waals surface area contributed by atoms with Crippen molar-refractivity contribution in [3.63, 3.8) is 0 Å². The molecule has 20 heavy (non-hydrogen) atoms. The summed E-state index contributed by atoms with van der Waals surface area (Å²) in [6.45, 7) is 0.429. The third-order valence-corrected chi connectivity index (χ3v) is 5.85. The molecule has 0 atom stereocenters. The van der Waals surface area contributed by atoms with Gasteiger partial charge in [-0.1, -0.05) is 0 Å². The summed E-state index contributed by atoms with van der Waals surface area (Å²) in [7, 11) is -3.65. The van der Waals surface area contributed by atoms with Crippen LogP contribution in [0.2, 0.25) is 0 Å². The Labute approximate surface area is 123 Å². The topological polar surface area (TPSA) is 96.0 Å². The van der Waals surface area contributed by atoms with E-state index < -0.39 is 10.0 Å². The molecule has 1 saturated heterocycles. The highest BCUT2D eigenvalue weighted by Gasteiger charge is 2.21. The number of sulfonamides is 1. The van der Waals surface area contributed by atoms with Crippen molar-refractivity contribution < 1.29 is 8.42 Å². The molecule has 0 aromatic heterocycles. The Balaban J connectivity index is 2.12. The van der Waals surface area contributed by atoms with Crippen molar-refractivity contribution >= 4 is 27.5 Å². The second-order valence-corrected chi connectivity index (χ2v) is 7.74. The Kier molecular flexibility index (Phi) is 4.91. The maximum absolute atomic E-state index is 12.3. The van der Waals surface area contributed by atoms with Crippen LogP contribution in [0.3, 0.4) is 0 Å². The highest BCUT2D eigenvalue weighted by atomic mass is 32.2. The largest absolute Gasteiger partial charge is 0.399 e. The molecule has 0 bridgehead atoms. The molecule has 108 valence electrons. The van der Waals surface area contributed by atoms with E-state index in [-0.39, 0.29) is 10.5 Å². The summed E-state index contributed by atoms with van der Waals surface area (Å²) in [5.41, 5.74) is 6.03.